The molecule has 0 heterocycles. The van der Waals surface area contributed by atoms with Gasteiger partial charge in [-0.25, -0.2) is 0 Å². The molecule has 1 aromatic rings. The summed E-state index contributed by atoms with van der Waals surface area (Å²) in [6.45, 7) is 1.70. The third-order valence-electron chi connectivity index (χ3n) is 2.11. The van der Waals surface area contributed by atoms with Crippen LogP contribution in [0.25, 0.3) is 0 Å². The number of halogens is 2. The van der Waals surface area contributed by atoms with Gasteiger partial charge in [0.15, 0.2) is 0 Å². The first-order chi connectivity index (χ1) is 8.22. The molecule has 0 atom stereocenters. The Labute approximate surface area is 122 Å². The Bertz CT molecular complexity index is 346. The summed E-state index contributed by atoms with van der Waals surface area (Å²) in [6.07, 6.45) is 0.495. The topological polar surface area (TPSA) is 50.4 Å². The van der Waals surface area contributed by atoms with Crippen LogP contribution >= 0.6 is 28.3 Å². The molecule has 0 aromatic heterocycles. The summed E-state index contributed by atoms with van der Waals surface area (Å²) in [7, 11) is 1.82. The maximum absolute atomic E-state index is 11.2. The highest BCUT2D eigenvalue weighted by molar-refractivity contribution is 9.10. The first-order valence-electron chi connectivity index (χ1n) is 5.52. The average Bonchev–Trinajstić information content (AvgIpc) is 2.34. The van der Waals surface area contributed by atoms with E-state index in [0.717, 1.165) is 10.2 Å². The predicted octanol–water partition coefficient (Wildman–Crippen LogP) is 1.98. The summed E-state index contributed by atoms with van der Waals surface area (Å²) in [5.74, 6) is 0.844. The van der Waals surface area contributed by atoms with Crippen LogP contribution in [0.4, 0.5) is 0 Å². The van der Waals surface area contributed by atoms with E-state index in [1.807, 2.05) is 31.3 Å². The van der Waals surface area contributed by atoms with Crippen LogP contribution < -0.4 is 15.4 Å². The van der Waals surface area contributed by atoms with Crippen molar-refractivity contribution in [3.8, 4) is 5.75 Å². The minimum atomic E-state index is 0. The molecule has 0 aliphatic heterocycles. The molecule has 6 heteroatoms. The third kappa shape index (κ3) is 7.53. The van der Waals surface area contributed by atoms with Crippen LogP contribution in [-0.4, -0.2) is 32.7 Å². The van der Waals surface area contributed by atoms with Crippen molar-refractivity contribution >= 4 is 34.2 Å². The summed E-state index contributed by atoms with van der Waals surface area (Å²) < 4.78 is 6.48. The van der Waals surface area contributed by atoms with Crippen LogP contribution in [0.15, 0.2) is 28.7 Å². The molecule has 0 saturated heterocycles. The van der Waals surface area contributed by atoms with E-state index in [1.165, 1.54) is 0 Å². The molecular weight excluding hydrogens is 320 g/mol. The SMILES string of the molecule is CNCCC(=O)NCCOc1ccc(Br)cc1.Cl. The van der Waals surface area contributed by atoms with E-state index in [1.54, 1.807) is 0 Å². The zero-order chi connectivity index (χ0) is 12.5. The average molecular weight is 338 g/mol. The van der Waals surface area contributed by atoms with Gasteiger partial charge in [0.25, 0.3) is 0 Å². The lowest BCUT2D eigenvalue weighted by Crippen LogP contribution is -2.30. The molecule has 0 unspecified atom stereocenters. The van der Waals surface area contributed by atoms with Crippen molar-refractivity contribution in [1.82, 2.24) is 10.6 Å². The van der Waals surface area contributed by atoms with E-state index in [4.69, 9.17) is 4.74 Å². The maximum Gasteiger partial charge on any atom is 0.221 e. The largest absolute Gasteiger partial charge is 0.492 e. The fourth-order valence-electron chi connectivity index (χ4n) is 1.22. The van der Waals surface area contributed by atoms with Crippen molar-refractivity contribution in [1.29, 1.82) is 0 Å². The molecule has 0 radical (unpaired) electrons. The highest BCUT2D eigenvalue weighted by Crippen LogP contribution is 2.15. The van der Waals surface area contributed by atoms with E-state index in [2.05, 4.69) is 26.6 Å². The van der Waals surface area contributed by atoms with Gasteiger partial charge >= 0.3 is 0 Å². The highest BCUT2D eigenvalue weighted by Gasteiger charge is 1.99. The summed E-state index contributed by atoms with van der Waals surface area (Å²) in [5, 5.41) is 5.71. The number of amides is 1. The van der Waals surface area contributed by atoms with Crippen LogP contribution in [0.3, 0.4) is 0 Å². The number of hydrogen-bond acceptors (Lipinski definition) is 3. The number of carbonyl (C=O) groups excluding carboxylic acids is 1. The van der Waals surface area contributed by atoms with Crippen molar-refractivity contribution in [3.63, 3.8) is 0 Å². The van der Waals surface area contributed by atoms with Crippen molar-refractivity contribution in [3.05, 3.63) is 28.7 Å². The zero-order valence-electron chi connectivity index (χ0n) is 10.2. The summed E-state index contributed by atoms with van der Waals surface area (Å²) in [6, 6.07) is 7.60. The van der Waals surface area contributed by atoms with Gasteiger partial charge in [0, 0.05) is 17.4 Å². The Balaban J connectivity index is 0.00000289. The fourth-order valence-corrected chi connectivity index (χ4v) is 1.48. The fraction of sp³-hybridized carbons (Fsp3) is 0.417. The second kappa shape index (κ2) is 10.2. The Kier molecular flexibility index (Phi) is 9.73. The zero-order valence-corrected chi connectivity index (χ0v) is 12.6. The van der Waals surface area contributed by atoms with Crippen LogP contribution in [0.2, 0.25) is 0 Å². The van der Waals surface area contributed by atoms with Gasteiger partial charge < -0.3 is 15.4 Å². The Morgan fingerprint density at radius 3 is 2.56 bits per heavy atom. The number of hydrogen-bond donors (Lipinski definition) is 2. The Morgan fingerprint density at radius 2 is 1.94 bits per heavy atom. The first-order valence-corrected chi connectivity index (χ1v) is 6.31. The standard InChI is InChI=1S/C12H17BrN2O2.ClH/c1-14-7-6-12(16)15-8-9-17-11-4-2-10(13)3-5-11;/h2-5,14H,6-9H2,1H3,(H,15,16);1H. The molecule has 1 rings (SSSR count). The minimum Gasteiger partial charge on any atom is -0.492 e. The second-order valence-corrected chi connectivity index (χ2v) is 4.42. The number of ether oxygens (including phenoxy) is 1. The van der Waals surface area contributed by atoms with E-state index in [9.17, 15) is 4.79 Å². The number of carbonyl (C=O) groups is 1. The third-order valence-corrected chi connectivity index (χ3v) is 2.64. The lowest BCUT2D eigenvalue weighted by molar-refractivity contribution is -0.121. The lowest BCUT2D eigenvalue weighted by atomic mass is 10.3. The molecule has 2 N–H and O–H groups in total. The van der Waals surface area contributed by atoms with Gasteiger partial charge in [0.05, 0.1) is 6.54 Å². The van der Waals surface area contributed by atoms with Gasteiger partial charge in [-0.1, -0.05) is 15.9 Å². The molecule has 102 valence electrons. The van der Waals surface area contributed by atoms with Gasteiger partial charge in [-0.2, -0.15) is 0 Å². The van der Waals surface area contributed by atoms with Crippen LogP contribution in [0.1, 0.15) is 6.42 Å². The minimum absolute atomic E-state index is 0. The monoisotopic (exact) mass is 336 g/mol. The molecule has 0 spiro atoms. The van der Waals surface area contributed by atoms with Gasteiger partial charge in [-0.15, -0.1) is 12.4 Å². The molecule has 1 amide bonds. The maximum atomic E-state index is 11.2. The van der Waals surface area contributed by atoms with E-state index in [-0.39, 0.29) is 18.3 Å². The van der Waals surface area contributed by atoms with Gasteiger partial charge in [0.2, 0.25) is 5.91 Å². The molecule has 18 heavy (non-hydrogen) atoms. The second-order valence-electron chi connectivity index (χ2n) is 3.51. The molecule has 4 nitrogen and oxygen atoms in total. The number of rotatable bonds is 7. The van der Waals surface area contributed by atoms with E-state index < -0.39 is 0 Å². The number of nitrogens with one attached hydrogen (secondary N) is 2. The molecule has 1 aromatic carbocycles. The summed E-state index contributed by atoms with van der Waals surface area (Å²) >= 11 is 3.35. The van der Waals surface area contributed by atoms with Gasteiger partial charge in [-0.3, -0.25) is 4.79 Å². The molecular formula is C12H18BrClN2O2. The molecule has 0 aliphatic carbocycles. The van der Waals surface area contributed by atoms with Crippen LogP contribution in [0, 0.1) is 0 Å². The molecule has 0 aliphatic rings. The summed E-state index contributed by atoms with van der Waals surface area (Å²) in [5.41, 5.74) is 0. The number of benzene rings is 1. The van der Waals surface area contributed by atoms with Crippen molar-refractivity contribution < 1.29 is 9.53 Å². The van der Waals surface area contributed by atoms with E-state index >= 15 is 0 Å². The lowest BCUT2D eigenvalue weighted by Gasteiger charge is -2.07. The first kappa shape index (κ1) is 17.2. The van der Waals surface area contributed by atoms with Gasteiger partial charge in [0.1, 0.15) is 12.4 Å². The molecule has 0 fully saturated rings. The Hall–Kier alpha value is -0.780. The van der Waals surface area contributed by atoms with Crippen LogP contribution in [-0.2, 0) is 4.79 Å². The Morgan fingerprint density at radius 1 is 1.28 bits per heavy atom. The van der Waals surface area contributed by atoms with Crippen LogP contribution in [0.5, 0.6) is 5.75 Å². The van der Waals surface area contributed by atoms with Crippen molar-refractivity contribution in [2.75, 3.05) is 26.7 Å². The molecule has 0 bridgehead atoms. The highest BCUT2D eigenvalue weighted by atomic mass is 79.9. The molecule has 0 saturated carbocycles. The summed E-state index contributed by atoms with van der Waals surface area (Å²) in [4.78, 5) is 11.2. The quantitative estimate of drug-likeness (QED) is 0.748. The predicted molar refractivity (Wildman–Crippen MR) is 78.4 cm³/mol. The van der Waals surface area contributed by atoms with Gasteiger partial charge in [-0.05, 0) is 31.3 Å². The normalized spacial score (nSPS) is 9.44. The van der Waals surface area contributed by atoms with E-state index in [0.29, 0.717) is 26.1 Å². The smallest absolute Gasteiger partial charge is 0.221 e. The van der Waals surface area contributed by atoms with Crippen molar-refractivity contribution in [2.45, 2.75) is 6.42 Å². The van der Waals surface area contributed by atoms with Crippen molar-refractivity contribution in [2.24, 2.45) is 0 Å².